The monoisotopic (exact) mass is 279 g/mol. The van der Waals surface area contributed by atoms with Crippen molar-refractivity contribution in [1.82, 2.24) is 0 Å². The van der Waals surface area contributed by atoms with Gasteiger partial charge in [-0.3, -0.25) is 4.84 Å². The molecule has 0 amide bonds. The van der Waals surface area contributed by atoms with Crippen molar-refractivity contribution in [1.29, 1.82) is 0 Å². The predicted molar refractivity (Wildman–Crippen MR) is 58.5 cm³/mol. The normalized spacial score (nSPS) is 11.4. The van der Waals surface area contributed by atoms with Crippen molar-refractivity contribution in [2.24, 2.45) is 0 Å². The Balaban J connectivity index is 3.08. The van der Waals surface area contributed by atoms with E-state index < -0.39 is 10.0 Å². The van der Waals surface area contributed by atoms with Gasteiger partial charge in [0.05, 0.1) is 19.1 Å². The smallest absolute Gasteiger partial charge is 0.254 e. The molecule has 0 fully saturated rings. The summed E-state index contributed by atoms with van der Waals surface area (Å²) in [5.41, 5.74) is 0.471. The van der Waals surface area contributed by atoms with Gasteiger partial charge < -0.3 is 0 Å². The Bertz CT molecular complexity index is 401. The van der Waals surface area contributed by atoms with Crippen LogP contribution in [0.4, 0.5) is 5.69 Å². The molecule has 0 saturated carbocycles. The van der Waals surface area contributed by atoms with Crippen LogP contribution in [-0.2, 0) is 14.9 Å². The van der Waals surface area contributed by atoms with Gasteiger partial charge in [-0.1, -0.05) is 15.9 Å². The first-order chi connectivity index (χ1) is 6.45. The third kappa shape index (κ3) is 2.70. The molecular formula is C8H10BrNO3S. The molecule has 0 spiro atoms. The van der Waals surface area contributed by atoms with Crippen LogP contribution in [0.25, 0.3) is 0 Å². The molecule has 14 heavy (non-hydrogen) atoms. The first-order valence-corrected chi connectivity index (χ1v) is 6.39. The number of sulfonamides is 1. The summed E-state index contributed by atoms with van der Waals surface area (Å²) in [5.74, 6) is 0. The zero-order chi connectivity index (χ0) is 10.8. The Morgan fingerprint density at radius 3 is 2.14 bits per heavy atom. The van der Waals surface area contributed by atoms with E-state index in [0.717, 1.165) is 15.2 Å². The van der Waals surface area contributed by atoms with Crippen molar-refractivity contribution < 1.29 is 13.3 Å². The van der Waals surface area contributed by atoms with Crippen LogP contribution in [0.15, 0.2) is 28.7 Å². The molecule has 4 nitrogen and oxygen atoms in total. The molecule has 78 valence electrons. The van der Waals surface area contributed by atoms with Gasteiger partial charge in [0, 0.05) is 4.47 Å². The average Bonchev–Trinajstić information content (AvgIpc) is 2.07. The van der Waals surface area contributed by atoms with Gasteiger partial charge in [-0.05, 0) is 24.3 Å². The molecule has 1 aromatic rings. The summed E-state index contributed by atoms with van der Waals surface area (Å²) in [7, 11) is -2.08. The number of hydrogen-bond donors (Lipinski definition) is 0. The summed E-state index contributed by atoms with van der Waals surface area (Å²) in [5, 5.41) is 0. The van der Waals surface area contributed by atoms with E-state index >= 15 is 0 Å². The lowest BCUT2D eigenvalue weighted by molar-refractivity contribution is 0.217. The zero-order valence-electron chi connectivity index (χ0n) is 7.77. The molecule has 1 rings (SSSR count). The fourth-order valence-corrected chi connectivity index (χ4v) is 2.03. The molecular weight excluding hydrogens is 270 g/mol. The lowest BCUT2D eigenvalue weighted by Crippen LogP contribution is -2.28. The predicted octanol–water partition coefficient (Wildman–Crippen LogP) is 1.78. The molecule has 0 aliphatic carbocycles. The molecule has 1 aromatic carbocycles. The van der Waals surface area contributed by atoms with Gasteiger partial charge in [0.25, 0.3) is 10.0 Å². The van der Waals surface area contributed by atoms with Crippen LogP contribution in [0.5, 0.6) is 0 Å². The molecule has 0 radical (unpaired) electrons. The standard InChI is InChI=1S/C8H10BrNO3S/c1-13-10(14(2,11)12)8-5-3-7(9)4-6-8/h3-6H,1-2H3. The number of halogens is 1. The number of anilines is 1. The molecule has 0 bridgehead atoms. The van der Waals surface area contributed by atoms with Crippen molar-refractivity contribution in [2.45, 2.75) is 0 Å². The lowest BCUT2D eigenvalue weighted by atomic mass is 10.3. The second-order valence-electron chi connectivity index (χ2n) is 2.65. The highest BCUT2D eigenvalue weighted by atomic mass is 79.9. The second kappa shape index (κ2) is 4.29. The molecule has 0 aliphatic heterocycles. The minimum Gasteiger partial charge on any atom is -0.262 e. The third-order valence-corrected chi connectivity index (χ3v) is 3.00. The van der Waals surface area contributed by atoms with E-state index in [0.29, 0.717) is 5.69 Å². The molecule has 0 heterocycles. The van der Waals surface area contributed by atoms with Crippen LogP contribution >= 0.6 is 15.9 Å². The molecule has 6 heteroatoms. The first kappa shape index (κ1) is 11.5. The molecule has 0 atom stereocenters. The van der Waals surface area contributed by atoms with Gasteiger partial charge in [-0.15, -0.1) is 4.47 Å². The minimum absolute atomic E-state index is 0.471. The quantitative estimate of drug-likeness (QED) is 0.793. The van der Waals surface area contributed by atoms with E-state index in [9.17, 15) is 8.42 Å². The SMILES string of the molecule is CON(c1ccc(Br)cc1)S(C)(=O)=O. The van der Waals surface area contributed by atoms with Crippen molar-refractivity contribution in [3.05, 3.63) is 28.7 Å². The molecule has 0 unspecified atom stereocenters. The van der Waals surface area contributed by atoms with Crippen LogP contribution < -0.4 is 4.47 Å². The fourth-order valence-electron chi connectivity index (χ4n) is 0.995. The maximum Gasteiger partial charge on any atom is 0.254 e. The van der Waals surface area contributed by atoms with Crippen LogP contribution in [0.1, 0.15) is 0 Å². The number of benzene rings is 1. The highest BCUT2D eigenvalue weighted by molar-refractivity contribution is 9.10. The van der Waals surface area contributed by atoms with Gasteiger partial charge in [-0.2, -0.15) is 0 Å². The average molecular weight is 280 g/mol. The Hall–Kier alpha value is -0.590. The highest BCUT2D eigenvalue weighted by Crippen LogP contribution is 2.20. The minimum atomic E-state index is -3.39. The number of hydrogen-bond acceptors (Lipinski definition) is 3. The Morgan fingerprint density at radius 2 is 1.79 bits per heavy atom. The first-order valence-electron chi connectivity index (χ1n) is 3.75. The van der Waals surface area contributed by atoms with Gasteiger partial charge in [-0.25, -0.2) is 8.42 Å². The highest BCUT2D eigenvalue weighted by Gasteiger charge is 2.16. The summed E-state index contributed by atoms with van der Waals surface area (Å²) in [6.07, 6.45) is 1.08. The van der Waals surface area contributed by atoms with Crippen LogP contribution in [0.3, 0.4) is 0 Å². The summed E-state index contributed by atoms with van der Waals surface area (Å²) >= 11 is 3.26. The summed E-state index contributed by atoms with van der Waals surface area (Å²) < 4.78 is 24.2. The summed E-state index contributed by atoms with van der Waals surface area (Å²) in [6.45, 7) is 0. The van der Waals surface area contributed by atoms with Crippen LogP contribution in [0.2, 0.25) is 0 Å². The van der Waals surface area contributed by atoms with Gasteiger partial charge in [0.2, 0.25) is 0 Å². The Morgan fingerprint density at radius 1 is 1.29 bits per heavy atom. The van der Waals surface area contributed by atoms with Crippen molar-refractivity contribution in [3.63, 3.8) is 0 Å². The Kier molecular flexibility index (Phi) is 3.52. The van der Waals surface area contributed by atoms with Gasteiger partial charge in [0.1, 0.15) is 0 Å². The fraction of sp³-hybridized carbons (Fsp3) is 0.250. The second-order valence-corrected chi connectivity index (χ2v) is 5.36. The maximum absolute atomic E-state index is 11.2. The van der Waals surface area contributed by atoms with Crippen LogP contribution in [-0.4, -0.2) is 21.8 Å². The van der Waals surface area contributed by atoms with E-state index in [1.807, 2.05) is 0 Å². The van der Waals surface area contributed by atoms with E-state index in [1.165, 1.54) is 7.11 Å². The number of nitrogens with zero attached hydrogens (tertiary/aromatic N) is 1. The third-order valence-electron chi connectivity index (χ3n) is 1.50. The van der Waals surface area contributed by atoms with Crippen molar-refractivity contribution in [2.75, 3.05) is 17.8 Å². The molecule has 0 saturated heterocycles. The molecule has 0 N–H and O–H groups in total. The topological polar surface area (TPSA) is 46.6 Å². The summed E-state index contributed by atoms with van der Waals surface area (Å²) in [6, 6.07) is 6.78. The van der Waals surface area contributed by atoms with E-state index in [2.05, 4.69) is 15.9 Å². The molecule has 0 aliphatic rings. The van der Waals surface area contributed by atoms with Crippen molar-refractivity contribution >= 4 is 31.6 Å². The van der Waals surface area contributed by atoms with Gasteiger partial charge in [0.15, 0.2) is 0 Å². The van der Waals surface area contributed by atoms with Crippen molar-refractivity contribution in [3.8, 4) is 0 Å². The summed E-state index contributed by atoms with van der Waals surface area (Å²) in [4.78, 5) is 4.77. The molecule has 0 aromatic heterocycles. The lowest BCUT2D eigenvalue weighted by Gasteiger charge is -2.18. The van der Waals surface area contributed by atoms with E-state index in [1.54, 1.807) is 24.3 Å². The largest absolute Gasteiger partial charge is 0.262 e. The zero-order valence-corrected chi connectivity index (χ0v) is 10.2. The number of rotatable bonds is 3. The van der Waals surface area contributed by atoms with E-state index in [-0.39, 0.29) is 0 Å². The van der Waals surface area contributed by atoms with Crippen LogP contribution in [0, 0.1) is 0 Å². The maximum atomic E-state index is 11.2. The van der Waals surface area contributed by atoms with E-state index in [4.69, 9.17) is 4.84 Å². The van der Waals surface area contributed by atoms with Gasteiger partial charge >= 0.3 is 0 Å². The Labute approximate surface area is 91.6 Å².